The summed E-state index contributed by atoms with van der Waals surface area (Å²) >= 11 is 0. The van der Waals surface area contributed by atoms with Gasteiger partial charge in [-0.25, -0.2) is 0 Å². The molecule has 0 amide bonds. The monoisotopic (exact) mass is 519 g/mol. The fraction of sp³-hybridized carbons (Fsp3) is 0.758. The molecule has 7 unspecified atom stereocenters. The molecule has 0 bridgehead atoms. The topological polar surface area (TPSA) is 92.0 Å². The molecule has 1 aromatic heterocycles. The summed E-state index contributed by atoms with van der Waals surface area (Å²) in [4.78, 5) is 12.5. The van der Waals surface area contributed by atoms with Crippen LogP contribution < -0.4 is 5.73 Å². The van der Waals surface area contributed by atoms with E-state index in [1.54, 1.807) is 5.57 Å². The number of nitrogens with one attached hydrogen (secondary N) is 1. The first-order valence-corrected chi connectivity index (χ1v) is 15.0. The number of aliphatic carboxylic acids is 1. The lowest BCUT2D eigenvalue weighted by atomic mass is 9.33. The number of rotatable bonds is 2. The molecule has 0 aliphatic heterocycles. The number of carbonyl (C=O) groups is 1. The fourth-order valence-corrected chi connectivity index (χ4v) is 11.7. The Hall–Kier alpha value is -2.04. The van der Waals surface area contributed by atoms with E-state index in [9.17, 15) is 9.90 Å². The molecule has 0 radical (unpaired) electrons. The van der Waals surface area contributed by atoms with Crippen molar-refractivity contribution >= 4 is 11.8 Å². The fourth-order valence-electron chi connectivity index (χ4n) is 11.7. The molecule has 0 saturated heterocycles. The van der Waals surface area contributed by atoms with Gasteiger partial charge in [0, 0.05) is 16.7 Å². The number of aromatic nitrogens is 2. The Kier molecular flexibility index (Phi) is 5.37. The van der Waals surface area contributed by atoms with Gasteiger partial charge in [0.1, 0.15) is 5.82 Å². The zero-order chi connectivity index (χ0) is 27.6. The molecule has 5 aliphatic carbocycles. The van der Waals surface area contributed by atoms with Crippen molar-refractivity contribution in [1.29, 1.82) is 0 Å². The molecule has 38 heavy (non-hydrogen) atoms. The highest BCUT2D eigenvalue weighted by molar-refractivity contribution is 5.71. The van der Waals surface area contributed by atoms with E-state index < -0.39 is 5.97 Å². The molecule has 8 atom stereocenters. The third kappa shape index (κ3) is 3.11. The number of nitrogen functional groups attached to an aromatic ring is 1. The molecule has 5 nitrogen and oxygen atoms in total. The molecule has 6 rings (SSSR count). The summed E-state index contributed by atoms with van der Waals surface area (Å²) < 4.78 is 0. The average molecular weight is 520 g/mol. The molecule has 0 aromatic carbocycles. The van der Waals surface area contributed by atoms with Crippen LogP contribution in [-0.4, -0.2) is 21.3 Å². The number of hydrogen-bond acceptors (Lipinski definition) is 3. The van der Waals surface area contributed by atoms with Gasteiger partial charge in [-0.1, -0.05) is 66.7 Å². The standard InChI is InChI=1S/C33H49N3O2/c1-9-18-14-24-31(6)17-22-26(35-36-27(22)34)30(4,5)23(31)11-13-32(24,7)33(8)12-10-19-20(25(18)33)15-29(2,3)16-21(19)28(37)38/h9,19-21,23-24H,1,10-17H2,2-8H3,(H,37,38)(H3,34,35,36)/t19?,20?,21-,23?,24?,31?,32?,33?/m1/s1. The van der Waals surface area contributed by atoms with Gasteiger partial charge in [0.25, 0.3) is 0 Å². The number of H-pyrrole nitrogens is 1. The number of allylic oxidation sites excluding steroid dienone is 3. The van der Waals surface area contributed by atoms with Crippen LogP contribution in [0.25, 0.3) is 0 Å². The Labute approximate surface area is 229 Å². The first-order valence-electron chi connectivity index (χ1n) is 15.0. The van der Waals surface area contributed by atoms with Crippen molar-refractivity contribution in [2.24, 2.45) is 51.2 Å². The second-order valence-corrected chi connectivity index (χ2v) is 15.9. The molecule has 208 valence electrons. The Morgan fingerprint density at radius 1 is 1.08 bits per heavy atom. The van der Waals surface area contributed by atoms with E-state index in [4.69, 9.17) is 5.73 Å². The van der Waals surface area contributed by atoms with E-state index in [1.807, 2.05) is 0 Å². The van der Waals surface area contributed by atoms with Crippen LogP contribution in [0.1, 0.15) is 105 Å². The molecule has 0 spiro atoms. The van der Waals surface area contributed by atoms with Crippen LogP contribution in [0, 0.1) is 51.2 Å². The molecule has 3 saturated carbocycles. The Morgan fingerprint density at radius 2 is 1.79 bits per heavy atom. The summed E-state index contributed by atoms with van der Waals surface area (Å²) in [6, 6.07) is 0. The van der Waals surface area contributed by atoms with E-state index >= 15 is 0 Å². The number of hydrogen-bond donors (Lipinski definition) is 3. The van der Waals surface area contributed by atoms with Crippen molar-refractivity contribution < 1.29 is 9.90 Å². The van der Waals surface area contributed by atoms with Crippen LogP contribution in [-0.2, 0) is 16.6 Å². The molecule has 1 aromatic rings. The van der Waals surface area contributed by atoms with Crippen LogP contribution in [0.3, 0.4) is 0 Å². The first-order chi connectivity index (χ1) is 17.6. The van der Waals surface area contributed by atoms with Crippen molar-refractivity contribution in [2.45, 2.75) is 105 Å². The summed E-state index contributed by atoms with van der Waals surface area (Å²) in [5, 5.41) is 18.1. The predicted molar refractivity (Wildman–Crippen MR) is 152 cm³/mol. The first kappa shape index (κ1) is 26.2. The third-order valence-corrected chi connectivity index (χ3v) is 13.4. The van der Waals surface area contributed by atoms with Crippen LogP contribution in [0.15, 0.2) is 23.8 Å². The minimum absolute atomic E-state index is 0.00666. The van der Waals surface area contributed by atoms with Crippen molar-refractivity contribution in [1.82, 2.24) is 10.2 Å². The summed E-state index contributed by atoms with van der Waals surface area (Å²) in [5.74, 6) is 1.49. The van der Waals surface area contributed by atoms with Gasteiger partial charge in [0.05, 0.1) is 5.92 Å². The quantitative estimate of drug-likeness (QED) is 0.382. The lowest BCUT2D eigenvalue weighted by molar-refractivity contribution is -0.163. The number of carboxylic acid groups (broad SMARTS) is 1. The minimum Gasteiger partial charge on any atom is -0.481 e. The Morgan fingerprint density at radius 3 is 2.45 bits per heavy atom. The van der Waals surface area contributed by atoms with Crippen LogP contribution in [0.2, 0.25) is 0 Å². The van der Waals surface area contributed by atoms with Gasteiger partial charge >= 0.3 is 5.97 Å². The zero-order valence-electron chi connectivity index (χ0n) is 24.7. The average Bonchev–Trinajstić information content (AvgIpc) is 3.18. The Balaban J connectivity index is 1.51. The maximum atomic E-state index is 12.5. The maximum absolute atomic E-state index is 12.5. The largest absolute Gasteiger partial charge is 0.481 e. The van der Waals surface area contributed by atoms with E-state index in [1.165, 1.54) is 29.7 Å². The number of carboxylic acids is 1. The van der Waals surface area contributed by atoms with Crippen molar-refractivity contribution in [3.8, 4) is 0 Å². The number of aromatic amines is 1. The van der Waals surface area contributed by atoms with Crippen LogP contribution in [0.4, 0.5) is 5.82 Å². The molecular formula is C33H49N3O2. The van der Waals surface area contributed by atoms with E-state index in [-0.39, 0.29) is 38.9 Å². The number of nitrogens with zero attached hydrogens (tertiary/aromatic N) is 1. The number of anilines is 1. The predicted octanol–water partition coefficient (Wildman–Crippen LogP) is 7.30. The maximum Gasteiger partial charge on any atom is 0.306 e. The summed E-state index contributed by atoms with van der Waals surface area (Å²) in [5.41, 5.74) is 12.3. The van der Waals surface area contributed by atoms with Crippen LogP contribution >= 0.6 is 0 Å². The molecule has 5 heteroatoms. The van der Waals surface area contributed by atoms with Gasteiger partial charge in [-0.15, -0.1) is 0 Å². The lowest BCUT2D eigenvalue weighted by Crippen LogP contribution is -2.64. The second kappa shape index (κ2) is 7.79. The van der Waals surface area contributed by atoms with Gasteiger partial charge in [-0.05, 0) is 102 Å². The van der Waals surface area contributed by atoms with Gasteiger partial charge < -0.3 is 10.8 Å². The molecule has 4 N–H and O–H groups in total. The van der Waals surface area contributed by atoms with Gasteiger partial charge in [0.2, 0.25) is 0 Å². The summed E-state index contributed by atoms with van der Waals surface area (Å²) in [7, 11) is 0. The lowest BCUT2D eigenvalue weighted by Gasteiger charge is -2.70. The summed E-state index contributed by atoms with van der Waals surface area (Å²) in [6.45, 7) is 21.5. The van der Waals surface area contributed by atoms with E-state index in [0.717, 1.165) is 38.5 Å². The SMILES string of the molecule is C=CC1=C2C3CC(C)(C)C[C@@H](C(=O)O)C3CCC2(C)C2(C)CCC3C(C)(C)c4[nH]nc(N)c4CC3(C)C2C1. The minimum atomic E-state index is -0.594. The smallest absolute Gasteiger partial charge is 0.306 e. The van der Waals surface area contributed by atoms with Gasteiger partial charge in [-0.2, -0.15) is 5.10 Å². The molecule has 1 heterocycles. The van der Waals surface area contributed by atoms with Gasteiger partial charge in [-0.3, -0.25) is 9.89 Å². The highest BCUT2D eigenvalue weighted by atomic mass is 16.4. The highest BCUT2D eigenvalue weighted by Crippen LogP contribution is 2.75. The van der Waals surface area contributed by atoms with Crippen LogP contribution in [0.5, 0.6) is 0 Å². The van der Waals surface area contributed by atoms with E-state index in [2.05, 4.69) is 71.3 Å². The number of fused-ring (bicyclic) bond motifs is 8. The van der Waals surface area contributed by atoms with E-state index in [0.29, 0.717) is 23.6 Å². The third-order valence-electron chi connectivity index (χ3n) is 13.4. The molecule has 5 aliphatic rings. The summed E-state index contributed by atoms with van der Waals surface area (Å²) in [6.07, 6.45) is 10.6. The highest BCUT2D eigenvalue weighted by Gasteiger charge is 2.68. The molecule has 3 fully saturated rings. The number of nitrogens with two attached hydrogens (primary N) is 1. The Bertz CT molecular complexity index is 1240. The van der Waals surface area contributed by atoms with Crippen molar-refractivity contribution in [2.75, 3.05) is 5.73 Å². The normalized spacial score (nSPS) is 44.7. The van der Waals surface area contributed by atoms with Gasteiger partial charge in [0.15, 0.2) is 0 Å². The van der Waals surface area contributed by atoms with Crippen molar-refractivity contribution in [3.05, 3.63) is 35.1 Å². The second-order valence-electron chi connectivity index (χ2n) is 15.9. The zero-order valence-corrected chi connectivity index (χ0v) is 24.7. The van der Waals surface area contributed by atoms with Crippen molar-refractivity contribution in [3.63, 3.8) is 0 Å². The molecular weight excluding hydrogens is 470 g/mol.